The van der Waals surface area contributed by atoms with Crippen molar-refractivity contribution >= 4 is 0 Å². The molecule has 0 radical (unpaired) electrons. The van der Waals surface area contributed by atoms with Gasteiger partial charge < -0.3 is 0 Å². The second kappa shape index (κ2) is 5.10. The van der Waals surface area contributed by atoms with Crippen molar-refractivity contribution in [1.82, 2.24) is 0 Å². The fourth-order valence-electron chi connectivity index (χ4n) is 1.66. The summed E-state index contributed by atoms with van der Waals surface area (Å²) in [6.07, 6.45) is 6.34. The zero-order valence-electron chi connectivity index (χ0n) is 8.93. The maximum atomic E-state index is 5.34. The van der Waals surface area contributed by atoms with Crippen LogP contribution in [0.2, 0.25) is 0 Å². The maximum Gasteiger partial charge on any atom is 0.136 e. The highest BCUT2D eigenvalue weighted by Crippen LogP contribution is 2.24. The van der Waals surface area contributed by atoms with Crippen LogP contribution < -0.4 is 0 Å². The van der Waals surface area contributed by atoms with Gasteiger partial charge in [-0.3, -0.25) is 0 Å². The first-order valence-electron chi connectivity index (χ1n) is 5.45. The third-order valence-corrected chi connectivity index (χ3v) is 2.48. The highest BCUT2D eigenvalue weighted by Gasteiger charge is 2.17. The van der Waals surface area contributed by atoms with Crippen LogP contribution in [0.25, 0.3) is 0 Å². The van der Waals surface area contributed by atoms with Crippen molar-refractivity contribution in [3.8, 4) is 0 Å². The largest absolute Gasteiger partial charge is 0.228 e. The summed E-state index contributed by atoms with van der Waals surface area (Å²) < 4.78 is 0. The number of benzene rings is 1. The Morgan fingerprint density at radius 3 is 2.47 bits per heavy atom. The Bertz CT molecular complexity index is 319. The second-order valence-electron chi connectivity index (χ2n) is 3.74. The van der Waals surface area contributed by atoms with E-state index in [9.17, 15) is 0 Å². The number of hydrogen-bond donors (Lipinski definition) is 0. The van der Waals surface area contributed by atoms with E-state index in [1.165, 1.54) is 0 Å². The van der Waals surface area contributed by atoms with Crippen LogP contribution >= 0.6 is 0 Å². The van der Waals surface area contributed by atoms with Gasteiger partial charge in [-0.05, 0) is 18.1 Å². The second-order valence-corrected chi connectivity index (χ2v) is 3.74. The van der Waals surface area contributed by atoms with Crippen LogP contribution in [0.3, 0.4) is 0 Å². The van der Waals surface area contributed by atoms with Crippen LogP contribution in [-0.4, -0.2) is 6.10 Å². The van der Waals surface area contributed by atoms with E-state index >= 15 is 0 Å². The van der Waals surface area contributed by atoms with Crippen LogP contribution in [0.1, 0.15) is 31.4 Å². The molecule has 0 fully saturated rings. The summed E-state index contributed by atoms with van der Waals surface area (Å²) in [5, 5.41) is 0. The molecule has 1 aliphatic heterocycles. The minimum absolute atomic E-state index is 0.0562. The molecule has 1 heterocycles. The van der Waals surface area contributed by atoms with Crippen molar-refractivity contribution in [3.05, 3.63) is 48.0 Å². The van der Waals surface area contributed by atoms with E-state index in [2.05, 4.69) is 19.1 Å². The van der Waals surface area contributed by atoms with Gasteiger partial charge in [-0.15, -0.1) is 0 Å². The summed E-state index contributed by atoms with van der Waals surface area (Å²) in [6, 6.07) is 10.1. The molecular weight excluding hydrogens is 188 g/mol. The van der Waals surface area contributed by atoms with E-state index < -0.39 is 0 Å². The molecule has 2 heteroatoms. The van der Waals surface area contributed by atoms with Crippen molar-refractivity contribution in [3.63, 3.8) is 0 Å². The first-order valence-corrected chi connectivity index (χ1v) is 5.45. The zero-order valence-corrected chi connectivity index (χ0v) is 8.93. The Morgan fingerprint density at radius 1 is 1.07 bits per heavy atom. The fourth-order valence-corrected chi connectivity index (χ4v) is 1.66. The molecule has 0 saturated carbocycles. The molecule has 0 amide bonds. The molecule has 2 atom stereocenters. The summed E-state index contributed by atoms with van der Waals surface area (Å²) in [5.41, 5.74) is 1.13. The summed E-state index contributed by atoms with van der Waals surface area (Å²) in [6.45, 7) is 2.14. The molecule has 0 N–H and O–H groups in total. The first-order chi connectivity index (χ1) is 7.40. The minimum atomic E-state index is -0.0562. The van der Waals surface area contributed by atoms with E-state index in [1.807, 2.05) is 30.3 Å². The van der Waals surface area contributed by atoms with Crippen LogP contribution in [-0.2, 0) is 9.78 Å². The highest BCUT2D eigenvalue weighted by molar-refractivity contribution is 5.22. The molecule has 2 rings (SSSR count). The van der Waals surface area contributed by atoms with Crippen LogP contribution in [0, 0.1) is 0 Å². The lowest BCUT2D eigenvalue weighted by molar-refractivity contribution is -0.343. The highest BCUT2D eigenvalue weighted by atomic mass is 17.2. The quantitative estimate of drug-likeness (QED) is 0.555. The van der Waals surface area contributed by atoms with Crippen molar-refractivity contribution in [2.24, 2.45) is 0 Å². The Balaban J connectivity index is 2.01. The van der Waals surface area contributed by atoms with Gasteiger partial charge in [0, 0.05) is 0 Å². The Kier molecular flexibility index (Phi) is 3.54. The predicted octanol–water partition coefficient (Wildman–Crippen LogP) is 3.41. The van der Waals surface area contributed by atoms with Gasteiger partial charge in [-0.25, -0.2) is 9.78 Å². The van der Waals surface area contributed by atoms with E-state index in [0.717, 1.165) is 18.4 Å². The van der Waals surface area contributed by atoms with Crippen molar-refractivity contribution < 1.29 is 9.78 Å². The lowest BCUT2D eigenvalue weighted by Gasteiger charge is -2.22. The summed E-state index contributed by atoms with van der Waals surface area (Å²) in [5.74, 6) is 0. The van der Waals surface area contributed by atoms with Crippen molar-refractivity contribution in [2.75, 3.05) is 0 Å². The topological polar surface area (TPSA) is 18.5 Å². The third kappa shape index (κ3) is 2.67. The van der Waals surface area contributed by atoms with Crippen molar-refractivity contribution in [2.45, 2.75) is 32.0 Å². The number of hydrogen-bond acceptors (Lipinski definition) is 2. The molecule has 0 saturated heterocycles. The van der Waals surface area contributed by atoms with Gasteiger partial charge in [0.05, 0.1) is 0 Å². The number of rotatable bonds is 3. The molecule has 1 unspecified atom stereocenters. The van der Waals surface area contributed by atoms with E-state index in [1.54, 1.807) is 0 Å². The summed E-state index contributed by atoms with van der Waals surface area (Å²) in [7, 11) is 0. The Hall–Kier alpha value is -1.12. The van der Waals surface area contributed by atoms with Gasteiger partial charge >= 0.3 is 0 Å². The van der Waals surface area contributed by atoms with Crippen LogP contribution in [0.15, 0.2) is 42.5 Å². The Labute approximate surface area is 90.4 Å². The molecule has 0 aromatic heterocycles. The standard InChI is InChI=1S/C13H16O2/c1-2-6-12-9-10-13(15-14-12)11-7-4-3-5-8-11/h3-5,7-10,12-13H,2,6H2,1H3/t12?,13-/m1/s1. The molecule has 0 aliphatic carbocycles. The smallest absolute Gasteiger partial charge is 0.136 e. The summed E-state index contributed by atoms with van der Waals surface area (Å²) >= 11 is 0. The first kappa shape index (κ1) is 10.4. The molecular formula is C13H16O2. The molecule has 0 bridgehead atoms. The SMILES string of the molecule is CCCC1C=C[C@H](c2ccccc2)OO1. The molecule has 80 valence electrons. The van der Waals surface area contributed by atoms with E-state index in [-0.39, 0.29) is 12.2 Å². The van der Waals surface area contributed by atoms with Crippen LogP contribution in [0.4, 0.5) is 0 Å². The zero-order chi connectivity index (χ0) is 10.5. The Morgan fingerprint density at radius 2 is 1.87 bits per heavy atom. The molecule has 1 aromatic rings. The van der Waals surface area contributed by atoms with Crippen LogP contribution in [0.5, 0.6) is 0 Å². The molecule has 15 heavy (non-hydrogen) atoms. The molecule has 2 nitrogen and oxygen atoms in total. The molecule has 1 aromatic carbocycles. The van der Waals surface area contributed by atoms with Gasteiger partial charge in [0.25, 0.3) is 0 Å². The van der Waals surface area contributed by atoms with Gasteiger partial charge in [-0.2, -0.15) is 0 Å². The van der Waals surface area contributed by atoms with Gasteiger partial charge in [0.2, 0.25) is 0 Å². The van der Waals surface area contributed by atoms with Gasteiger partial charge in [-0.1, -0.05) is 49.8 Å². The lowest BCUT2D eigenvalue weighted by Crippen LogP contribution is -2.17. The van der Waals surface area contributed by atoms with E-state index in [4.69, 9.17) is 9.78 Å². The predicted molar refractivity (Wildman–Crippen MR) is 59.2 cm³/mol. The fraction of sp³-hybridized carbons (Fsp3) is 0.385. The normalized spacial score (nSPS) is 25.4. The third-order valence-electron chi connectivity index (χ3n) is 2.48. The van der Waals surface area contributed by atoms with Crippen molar-refractivity contribution in [1.29, 1.82) is 0 Å². The monoisotopic (exact) mass is 204 g/mol. The molecule has 0 spiro atoms. The summed E-state index contributed by atoms with van der Waals surface area (Å²) in [4.78, 5) is 10.6. The molecule has 1 aliphatic rings. The lowest BCUT2D eigenvalue weighted by atomic mass is 10.1. The van der Waals surface area contributed by atoms with Gasteiger partial charge in [0.1, 0.15) is 12.2 Å². The average Bonchev–Trinajstić information content (AvgIpc) is 2.32. The average molecular weight is 204 g/mol. The maximum absolute atomic E-state index is 5.34. The van der Waals surface area contributed by atoms with Gasteiger partial charge in [0.15, 0.2) is 0 Å². The minimum Gasteiger partial charge on any atom is -0.228 e. The van der Waals surface area contributed by atoms with E-state index in [0.29, 0.717) is 0 Å².